The van der Waals surface area contributed by atoms with Crippen LogP contribution in [0.1, 0.15) is 13.8 Å². The van der Waals surface area contributed by atoms with Crippen LogP contribution in [0.25, 0.3) is 0 Å². The number of nitrogens with zero attached hydrogens (tertiary/aromatic N) is 3. The maximum atomic E-state index is 2.70. The summed E-state index contributed by atoms with van der Waals surface area (Å²) in [7, 11) is 8.67. The van der Waals surface area contributed by atoms with Crippen LogP contribution in [0.4, 0.5) is 0 Å². The normalized spacial score (nSPS) is 15.9. The zero-order chi connectivity index (χ0) is 12.9. The molecule has 0 heterocycles. The monoisotopic (exact) mass is 243 g/mol. The average molecular weight is 243 g/mol. The van der Waals surface area contributed by atoms with Crippen LogP contribution in [0.5, 0.6) is 0 Å². The Bertz CT molecular complexity index is 167. The minimum Gasteiger partial charge on any atom is -0.382 e. The fourth-order valence-corrected chi connectivity index (χ4v) is 2.96. The lowest BCUT2D eigenvalue weighted by atomic mass is 10.2. The van der Waals surface area contributed by atoms with Crippen LogP contribution < -0.4 is 0 Å². The average Bonchev–Trinajstić information content (AvgIpc) is 2.15. The van der Waals surface area contributed by atoms with E-state index in [0.717, 1.165) is 0 Å². The van der Waals surface area contributed by atoms with Crippen LogP contribution in [-0.4, -0.2) is 81.4 Å². The van der Waals surface area contributed by atoms with Crippen molar-refractivity contribution in [3.05, 3.63) is 0 Å². The van der Waals surface area contributed by atoms with Crippen molar-refractivity contribution in [1.29, 1.82) is 0 Å². The summed E-state index contributed by atoms with van der Waals surface area (Å²) in [4.78, 5) is 4.62. The van der Waals surface area contributed by atoms with E-state index in [1.807, 2.05) is 0 Å². The fraction of sp³-hybridized carbons (Fsp3) is 1.00. The Morgan fingerprint density at radius 1 is 0.812 bits per heavy atom. The van der Waals surface area contributed by atoms with Crippen LogP contribution in [0.15, 0.2) is 0 Å². The van der Waals surface area contributed by atoms with E-state index in [-0.39, 0.29) is 0 Å². The van der Waals surface area contributed by atoms with E-state index < -0.39 is 14.4 Å². The zero-order valence-electron chi connectivity index (χ0n) is 12.5. The molecule has 0 spiro atoms. The van der Waals surface area contributed by atoms with Crippen molar-refractivity contribution in [3.63, 3.8) is 0 Å². The molecule has 2 atom stereocenters. The molecule has 0 aromatic carbocycles. The smallest absolute Gasteiger partial charge is 0.366 e. The third-order valence-corrected chi connectivity index (χ3v) is 5.37. The third-order valence-electron chi connectivity index (χ3n) is 3.49. The Balaban J connectivity index is 4.28. The minimum absolute atomic E-state index is 0.643. The molecule has 0 bridgehead atoms. The second-order valence-corrected chi connectivity index (χ2v) is 8.59. The predicted octanol–water partition coefficient (Wildman–Crippen LogP) is 1.44. The highest BCUT2D eigenvalue weighted by Crippen LogP contribution is 2.04. The standard InChI is InChI=1S/C10H24N3.2CH3.Al/c1-9(12(3)4)7-11-8-10(2)13(5)6;;;/h9-10H,7-8H2,1-6H3;2*1H3;/q-1;;;+1. The SMILES string of the molecule is CC(C[N](CC(C)N(C)C)[Al]([CH3])[CH3])N(C)C. The minimum atomic E-state index is -0.700. The van der Waals surface area contributed by atoms with Gasteiger partial charge in [-0.3, -0.25) is 0 Å². The van der Waals surface area contributed by atoms with Gasteiger partial charge in [-0.2, -0.15) is 0 Å². The highest BCUT2D eigenvalue weighted by atomic mass is 27.2. The Kier molecular flexibility index (Phi) is 7.88. The van der Waals surface area contributed by atoms with Crippen molar-refractivity contribution in [2.24, 2.45) is 0 Å². The summed E-state index contributed by atoms with van der Waals surface area (Å²) in [5.41, 5.74) is 0. The largest absolute Gasteiger partial charge is 0.382 e. The first kappa shape index (κ1) is 16.4. The maximum Gasteiger partial charge on any atom is 0.366 e. The molecule has 16 heavy (non-hydrogen) atoms. The molecule has 0 aliphatic rings. The first-order chi connectivity index (χ1) is 7.25. The highest BCUT2D eigenvalue weighted by molar-refractivity contribution is 6.52. The molecule has 2 unspecified atom stereocenters. The van der Waals surface area contributed by atoms with Crippen LogP contribution in [0.2, 0.25) is 11.6 Å². The van der Waals surface area contributed by atoms with Gasteiger partial charge < -0.3 is 13.7 Å². The van der Waals surface area contributed by atoms with Gasteiger partial charge in [-0.05, 0) is 55.1 Å². The highest BCUT2D eigenvalue weighted by Gasteiger charge is 2.21. The molecule has 4 heteroatoms. The zero-order valence-corrected chi connectivity index (χ0v) is 13.6. The molecule has 0 fully saturated rings. The number of hydrogen-bond acceptors (Lipinski definition) is 3. The molecule has 3 nitrogen and oxygen atoms in total. The van der Waals surface area contributed by atoms with E-state index in [9.17, 15) is 0 Å². The van der Waals surface area contributed by atoms with Crippen molar-refractivity contribution in [2.75, 3.05) is 41.3 Å². The number of rotatable bonds is 7. The number of likely N-dealkylation sites (N-methyl/N-ethyl adjacent to an activating group) is 2. The summed E-state index contributed by atoms with van der Waals surface area (Å²) in [5.74, 6) is 4.84. The Morgan fingerprint density at radius 3 is 1.31 bits per heavy atom. The van der Waals surface area contributed by atoms with Gasteiger partial charge in [0.05, 0.1) is 0 Å². The molecular formula is C12H30AlN3. The summed E-state index contributed by atoms with van der Waals surface area (Å²) in [6.45, 7) is 7.03. The van der Waals surface area contributed by atoms with E-state index in [4.69, 9.17) is 0 Å². The molecule has 0 N–H and O–H groups in total. The molecule has 0 radical (unpaired) electrons. The lowest BCUT2D eigenvalue weighted by Crippen LogP contribution is -2.48. The van der Waals surface area contributed by atoms with Gasteiger partial charge in [0.2, 0.25) is 0 Å². The molecular weight excluding hydrogens is 213 g/mol. The van der Waals surface area contributed by atoms with E-state index in [1.165, 1.54) is 13.1 Å². The second-order valence-electron chi connectivity index (χ2n) is 5.67. The first-order valence-corrected chi connectivity index (χ1v) is 9.15. The van der Waals surface area contributed by atoms with E-state index in [0.29, 0.717) is 12.1 Å². The maximum absolute atomic E-state index is 2.70. The van der Waals surface area contributed by atoms with E-state index in [1.54, 1.807) is 0 Å². The summed E-state index contributed by atoms with van der Waals surface area (Å²) >= 11 is -0.700. The molecule has 0 saturated heterocycles. The summed E-state index contributed by atoms with van der Waals surface area (Å²) < 4.78 is 2.70. The van der Waals surface area contributed by atoms with E-state index >= 15 is 0 Å². The van der Waals surface area contributed by atoms with Crippen LogP contribution >= 0.6 is 0 Å². The second kappa shape index (κ2) is 7.68. The van der Waals surface area contributed by atoms with Crippen molar-refractivity contribution < 1.29 is 0 Å². The Hall–Kier alpha value is 0.412. The summed E-state index contributed by atoms with van der Waals surface area (Å²) in [5, 5.41) is 0. The first-order valence-electron chi connectivity index (χ1n) is 6.32. The number of hydrogen-bond donors (Lipinski definition) is 0. The molecule has 0 amide bonds. The van der Waals surface area contributed by atoms with Crippen molar-refractivity contribution in [1.82, 2.24) is 13.7 Å². The topological polar surface area (TPSA) is 9.72 Å². The van der Waals surface area contributed by atoms with Gasteiger partial charge >= 0.3 is 14.4 Å². The van der Waals surface area contributed by atoms with Gasteiger partial charge in [0.15, 0.2) is 0 Å². The fourth-order valence-electron chi connectivity index (χ4n) is 1.50. The molecule has 0 aromatic heterocycles. The lowest BCUT2D eigenvalue weighted by Gasteiger charge is -2.34. The van der Waals surface area contributed by atoms with Crippen LogP contribution in [0.3, 0.4) is 0 Å². The third kappa shape index (κ3) is 6.22. The molecule has 0 saturated carbocycles. The van der Waals surface area contributed by atoms with Gasteiger partial charge in [0.1, 0.15) is 0 Å². The van der Waals surface area contributed by atoms with Crippen LogP contribution in [-0.2, 0) is 0 Å². The van der Waals surface area contributed by atoms with E-state index in [2.05, 4.69) is 67.3 Å². The van der Waals surface area contributed by atoms with Crippen molar-refractivity contribution in [3.8, 4) is 0 Å². The Morgan fingerprint density at radius 2 is 1.12 bits per heavy atom. The summed E-state index contributed by atoms with van der Waals surface area (Å²) in [6, 6.07) is 1.29. The molecule has 96 valence electrons. The molecule has 0 aliphatic carbocycles. The van der Waals surface area contributed by atoms with Gasteiger partial charge in [0.25, 0.3) is 0 Å². The molecule has 0 aliphatic heterocycles. The van der Waals surface area contributed by atoms with Crippen molar-refractivity contribution in [2.45, 2.75) is 37.5 Å². The Labute approximate surface area is 107 Å². The van der Waals surface area contributed by atoms with Gasteiger partial charge in [-0.25, -0.2) is 0 Å². The quantitative estimate of drug-likeness (QED) is 0.627. The lowest BCUT2D eigenvalue weighted by molar-refractivity contribution is 0.214. The van der Waals surface area contributed by atoms with Gasteiger partial charge in [-0.15, -0.1) is 0 Å². The van der Waals surface area contributed by atoms with Crippen molar-refractivity contribution >= 4 is 14.4 Å². The van der Waals surface area contributed by atoms with Gasteiger partial charge in [0, 0.05) is 12.1 Å². The molecule has 0 rings (SSSR count). The summed E-state index contributed by atoms with van der Waals surface area (Å²) in [6.07, 6.45) is 0. The van der Waals surface area contributed by atoms with Crippen LogP contribution in [0, 0.1) is 0 Å². The predicted molar refractivity (Wildman–Crippen MR) is 75.4 cm³/mol. The molecule has 0 aromatic rings. The van der Waals surface area contributed by atoms with Gasteiger partial charge in [-0.1, -0.05) is 11.6 Å².